The van der Waals surface area contributed by atoms with Crippen molar-refractivity contribution >= 4 is 17.8 Å². The molecular weight excluding hydrogens is 272 g/mol. The average Bonchev–Trinajstić information content (AvgIpc) is 2.44. The lowest BCUT2D eigenvalue weighted by molar-refractivity contribution is -0.144. The fourth-order valence-electron chi connectivity index (χ4n) is 1.78. The minimum absolute atomic E-state index is 0.109. The van der Waals surface area contributed by atoms with Crippen LogP contribution in [0.3, 0.4) is 0 Å². The quantitative estimate of drug-likeness (QED) is 0.798. The van der Waals surface area contributed by atoms with Crippen LogP contribution in [-0.4, -0.2) is 41.9 Å². The van der Waals surface area contributed by atoms with Crippen molar-refractivity contribution < 1.29 is 19.1 Å². The van der Waals surface area contributed by atoms with Crippen LogP contribution in [0.25, 0.3) is 0 Å². The summed E-state index contributed by atoms with van der Waals surface area (Å²) >= 11 is 0. The normalized spacial score (nSPS) is 10.3. The summed E-state index contributed by atoms with van der Waals surface area (Å²) in [5, 5.41) is 0. The highest BCUT2D eigenvalue weighted by Gasteiger charge is 2.22. The van der Waals surface area contributed by atoms with Gasteiger partial charge in [0.05, 0.1) is 6.61 Å². The zero-order valence-corrected chi connectivity index (χ0v) is 12.5. The summed E-state index contributed by atoms with van der Waals surface area (Å²) < 4.78 is 4.87. The number of nitrogens with zero attached hydrogens (tertiary/aromatic N) is 1. The van der Waals surface area contributed by atoms with Crippen LogP contribution in [0.2, 0.25) is 0 Å². The zero-order chi connectivity index (χ0) is 16.0. The molecule has 0 aliphatic rings. The maximum absolute atomic E-state index is 12.4. The number of nitrogens with two attached hydrogens (primary N) is 1. The van der Waals surface area contributed by atoms with Crippen LogP contribution >= 0.6 is 0 Å². The lowest BCUT2D eigenvalue weighted by Crippen LogP contribution is -2.41. The number of ether oxygens (including phenoxy) is 1. The van der Waals surface area contributed by atoms with Gasteiger partial charge in [-0.25, -0.2) is 0 Å². The second-order valence-corrected chi connectivity index (χ2v) is 4.77. The molecule has 0 heterocycles. The standard InChI is InChI=1S/C15H20N2O4/c1-4-21-13(18)9-17(10(2)3)15(20)12-7-5-11(6-8-12)14(16)19/h5-8,10H,4,9H2,1-3H3,(H2,16,19). The number of carbonyl (C=O) groups excluding carboxylic acids is 3. The highest BCUT2D eigenvalue weighted by Crippen LogP contribution is 2.10. The molecule has 6 heteroatoms. The molecule has 114 valence electrons. The molecular formula is C15H20N2O4. The van der Waals surface area contributed by atoms with Crippen molar-refractivity contribution in [2.45, 2.75) is 26.8 Å². The van der Waals surface area contributed by atoms with Crippen LogP contribution in [0.1, 0.15) is 41.5 Å². The Morgan fingerprint density at radius 3 is 2.10 bits per heavy atom. The van der Waals surface area contributed by atoms with E-state index in [1.165, 1.54) is 29.2 Å². The Bertz CT molecular complexity index is 523. The third-order valence-electron chi connectivity index (χ3n) is 2.91. The van der Waals surface area contributed by atoms with Crippen molar-refractivity contribution in [2.24, 2.45) is 5.73 Å². The Hall–Kier alpha value is -2.37. The fourth-order valence-corrected chi connectivity index (χ4v) is 1.78. The smallest absolute Gasteiger partial charge is 0.325 e. The van der Waals surface area contributed by atoms with E-state index in [0.29, 0.717) is 11.1 Å². The van der Waals surface area contributed by atoms with Crippen LogP contribution in [-0.2, 0) is 9.53 Å². The predicted octanol–water partition coefficient (Wildman–Crippen LogP) is 1.20. The minimum Gasteiger partial charge on any atom is -0.465 e. The topological polar surface area (TPSA) is 89.7 Å². The molecule has 0 spiro atoms. The van der Waals surface area contributed by atoms with E-state index >= 15 is 0 Å². The van der Waals surface area contributed by atoms with Crippen molar-refractivity contribution in [3.05, 3.63) is 35.4 Å². The summed E-state index contributed by atoms with van der Waals surface area (Å²) in [5.41, 5.74) is 5.87. The first-order valence-electron chi connectivity index (χ1n) is 6.73. The highest BCUT2D eigenvalue weighted by molar-refractivity contribution is 5.98. The number of carbonyl (C=O) groups is 3. The van der Waals surface area contributed by atoms with Gasteiger partial charge in [0.25, 0.3) is 5.91 Å². The predicted molar refractivity (Wildman–Crippen MR) is 77.8 cm³/mol. The van der Waals surface area contributed by atoms with Gasteiger partial charge >= 0.3 is 5.97 Å². The number of hydrogen-bond donors (Lipinski definition) is 1. The van der Waals surface area contributed by atoms with Crippen molar-refractivity contribution in [1.82, 2.24) is 4.90 Å². The summed E-state index contributed by atoms with van der Waals surface area (Å²) in [6.07, 6.45) is 0. The van der Waals surface area contributed by atoms with Gasteiger partial charge < -0.3 is 15.4 Å². The molecule has 2 amide bonds. The average molecular weight is 292 g/mol. The number of hydrogen-bond acceptors (Lipinski definition) is 4. The SMILES string of the molecule is CCOC(=O)CN(C(=O)c1ccc(C(N)=O)cc1)C(C)C. The molecule has 0 aromatic heterocycles. The molecule has 1 aromatic carbocycles. The van der Waals surface area contributed by atoms with Gasteiger partial charge in [-0.15, -0.1) is 0 Å². The number of amides is 2. The Morgan fingerprint density at radius 1 is 1.14 bits per heavy atom. The third-order valence-corrected chi connectivity index (χ3v) is 2.91. The number of esters is 1. The minimum atomic E-state index is -0.554. The molecule has 0 saturated heterocycles. The Balaban J connectivity index is 2.90. The zero-order valence-electron chi connectivity index (χ0n) is 12.5. The molecule has 0 aliphatic heterocycles. The lowest BCUT2D eigenvalue weighted by atomic mass is 10.1. The van der Waals surface area contributed by atoms with Gasteiger partial charge in [0.2, 0.25) is 5.91 Å². The van der Waals surface area contributed by atoms with Crippen molar-refractivity contribution in [3.8, 4) is 0 Å². The van der Waals surface area contributed by atoms with E-state index in [2.05, 4.69) is 0 Å². The van der Waals surface area contributed by atoms with Gasteiger partial charge in [-0.05, 0) is 45.0 Å². The van der Waals surface area contributed by atoms with Gasteiger partial charge in [0.15, 0.2) is 0 Å². The van der Waals surface area contributed by atoms with Crippen LogP contribution in [0.5, 0.6) is 0 Å². The van der Waals surface area contributed by atoms with Crippen LogP contribution in [0, 0.1) is 0 Å². The molecule has 0 saturated carbocycles. The Morgan fingerprint density at radius 2 is 1.67 bits per heavy atom. The summed E-state index contributed by atoms with van der Waals surface area (Å²) in [4.78, 5) is 36.4. The molecule has 1 aromatic rings. The van der Waals surface area contributed by atoms with Gasteiger partial charge in [-0.3, -0.25) is 14.4 Å². The van der Waals surface area contributed by atoms with Gasteiger partial charge in [0, 0.05) is 17.2 Å². The van der Waals surface area contributed by atoms with E-state index in [1.807, 2.05) is 13.8 Å². The summed E-state index contributed by atoms with van der Waals surface area (Å²) in [7, 11) is 0. The fraction of sp³-hybridized carbons (Fsp3) is 0.400. The van der Waals surface area contributed by atoms with Crippen molar-refractivity contribution in [1.29, 1.82) is 0 Å². The second-order valence-electron chi connectivity index (χ2n) is 4.77. The molecule has 0 aliphatic carbocycles. The monoisotopic (exact) mass is 292 g/mol. The Kier molecular flexibility index (Phi) is 5.90. The summed E-state index contributed by atoms with van der Waals surface area (Å²) in [6.45, 7) is 5.50. The number of benzene rings is 1. The lowest BCUT2D eigenvalue weighted by Gasteiger charge is -2.25. The van der Waals surface area contributed by atoms with E-state index in [9.17, 15) is 14.4 Å². The first-order valence-corrected chi connectivity index (χ1v) is 6.73. The maximum Gasteiger partial charge on any atom is 0.325 e. The van der Waals surface area contributed by atoms with E-state index in [4.69, 9.17) is 10.5 Å². The molecule has 6 nitrogen and oxygen atoms in total. The Labute approximate surface area is 123 Å². The van der Waals surface area contributed by atoms with Gasteiger partial charge in [-0.1, -0.05) is 0 Å². The summed E-state index contributed by atoms with van der Waals surface area (Å²) in [5.74, 6) is -1.30. The maximum atomic E-state index is 12.4. The number of primary amides is 1. The van der Waals surface area contributed by atoms with Crippen LogP contribution < -0.4 is 5.73 Å². The summed E-state index contributed by atoms with van der Waals surface area (Å²) in [6, 6.07) is 5.85. The van der Waals surface area contributed by atoms with Crippen molar-refractivity contribution in [2.75, 3.05) is 13.2 Å². The second kappa shape index (κ2) is 7.42. The van der Waals surface area contributed by atoms with Gasteiger partial charge in [0.1, 0.15) is 6.54 Å². The third kappa shape index (κ3) is 4.59. The molecule has 0 unspecified atom stereocenters. The molecule has 0 bridgehead atoms. The van der Waals surface area contributed by atoms with Crippen molar-refractivity contribution in [3.63, 3.8) is 0 Å². The van der Waals surface area contributed by atoms with Gasteiger partial charge in [-0.2, -0.15) is 0 Å². The molecule has 0 radical (unpaired) electrons. The molecule has 0 fully saturated rings. The largest absolute Gasteiger partial charge is 0.465 e. The van der Waals surface area contributed by atoms with E-state index in [0.717, 1.165) is 0 Å². The molecule has 21 heavy (non-hydrogen) atoms. The molecule has 2 N–H and O–H groups in total. The molecule has 0 atom stereocenters. The van der Waals surface area contributed by atoms with Crippen LogP contribution in [0.4, 0.5) is 0 Å². The molecule has 1 rings (SSSR count). The van der Waals surface area contributed by atoms with E-state index < -0.39 is 11.9 Å². The van der Waals surface area contributed by atoms with E-state index in [1.54, 1.807) is 6.92 Å². The first kappa shape index (κ1) is 16.7. The van der Waals surface area contributed by atoms with Crippen LogP contribution in [0.15, 0.2) is 24.3 Å². The number of rotatable bonds is 6. The highest BCUT2D eigenvalue weighted by atomic mass is 16.5. The van der Waals surface area contributed by atoms with E-state index in [-0.39, 0.29) is 25.1 Å². The first-order chi connectivity index (χ1) is 9.86.